The molecule has 0 aliphatic carbocycles. The lowest BCUT2D eigenvalue weighted by Crippen LogP contribution is -2.09. The van der Waals surface area contributed by atoms with E-state index in [9.17, 15) is 0 Å². The molecule has 1 heterocycles. The predicted octanol–water partition coefficient (Wildman–Crippen LogP) is 2.50. The van der Waals surface area contributed by atoms with Gasteiger partial charge in [0.1, 0.15) is 5.02 Å². The maximum absolute atomic E-state index is 5.83. The second kappa shape index (κ2) is 5.80. The smallest absolute Gasteiger partial charge is 0.169 e. The van der Waals surface area contributed by atoms with Crippen LogP contribution in [0.25, 0.3) is 0 Å². The number of nitrogens with one attached hydrogen (secondary N) is 1. The molecule has 0 saturated carbocycles. The summed E-state index contributed by atoms with van der Waals surface area (Å²) in [6.07, 6.45) is 0. The number of halogens is 3. The highest BCUT2D eigenvalue weighted by Gasteiger charge is 2.08. The molecule has 6 heteroatoms. The summed E-state index contributed by atoms with van der Waals surface area (Å²) in [5.74, 6) is 0.684. The largest absolute Gasteiger partial charge is 0.358 e. The third kappa shape index (κ3) is 2.94. The lowest BCUT2D eigenvalue weighted by molar-refractivity contribution is 0.373. The second-order valence-corrected chi connectivity index (χ2v) is 3.00. The van der Waals surface area contributed by atoms with Crippen molar-refractivity contribution < 1.29 is 4.52 Å². The highest BCUT2D eigenvalue weighted by atomic mass is 79.9. The molecule has 0 atom stereocenters. The molecule has 0 saturated heterocycles. The van der Waals surface area contributed by atoms with Gasteiger partial charge >= 0.3 is 0 Å². The molecule has 0 aromatic carbocycles. The Labute approximate surface area is 90.4 Å². The van der Waals surface area contributed by atoms with Crippen LogP contribution in [0.3, 0.4) is 0 Å². The molecular formula is C6H9BrCl2N2O. The number of rotatable bonds is 3. The fourth-order valence-electron chi connectivity index (χ4n) is 0.676. The first kappa shape index (κ1) is 12.2. The molecule has 0 aliphatic rings. The van der Waals surface area contributed by atoms with Gasteiger partial charge in [-0.15, -0.1) is 12.4 Å². The molecule has 0 spiro atoms. The quantitative estimate of drug-likeness (QED) is 0.680. The van der Waals surface area contributed by atoms with Gasteiger partial charge in [0.05, 0.1) is 17.7 Å². The van der Waals surface area contributed by atoms with Crippen LogP contribution in [0.15, 0.2) is 4.52 Å². The summed E-state index contributed by atoms with van der Waals surface area (Å²) in [6.45, 7) is 2.41. The summed E-state index contributed by atoms with van der Waals surface area (Å²) >= 11 is 9.05. The van der Waals surface area contributed by atoms with Gasteiger partial charge in [-0.1, -0.05) is 32.7 Å². The SMILES string of the molecule is Cc1noc(CNCBr)c1Cl.Cl. The Balaban J connectivity index is 0.00000121. The van der Waals surface area contributed by atoms with Crippen molar-refractivity contribution >= 4 is 39.9 Å². The number of alkyl halides is 1. The molecule has 0 fully saturated rings. The molecule has 1 aromatic heterocycles. The van der Waals surface area contributed by atoms with Crippen LogP contribution in [-0.4, -0.2) is 10.6 Å². The van der Waals surface area contributed by atoms with Crippen molar-refractivity contribution in [3.05, 3.63) is 16.5 Å². The Bertz CT molecular complexity index is 241. The van der Waals surface area contributed by atoms with E-state index < -0.39 is 0 Å². The third-order valence-electron chi connectivity index (χ3n) is 1.24. The molecule has 12 heavy (non-hydrogen) atoms. The summed E-state index contributed by atoms with van der Waals surface area (Å²) in [4.78, 5) is 0. The number of hydrogen-bond donors (Lipinski definition) is 1. The topological polar surface area (TPSA) is 38.1 Å². The molecule has 0 bridgehead atoms. The number of hydrogen-bond acceptors (Lipinski definition) is 3. The minimum absolute atomic E-state index is 0. The Morgan fingerprint density at radius 3 is 2.75 bits per heavy atom. The van der Waals surface area contributed by atoms with Crippen molar-refractivity contribution in [2.45, 2.75) is 13.5 Å². The van der Waals surface area contributed by atoms with E-state index in [0.29, 0.717) is 22.8 Å². The van der Waals surface area contributed by atoms with Crippen LogP contribution in [0.2, 0.25) is 5.02 Å². The van der Waals surface area contributed by atoms with Crippen molar-refractivity contribution in [1.82, 2.24) is 10.5 Å². The second-order valence-electron chi connectivity index (χ2n) is 2.07. The van der Waals surface area contributed by atoms with E-state index in [2.05, 4.69) is 26.4 Å². The fourth-order valence-corrected chi connectivity index (χ4v) is 1.01. The number of aryl methyl sites for hydroxylation is 1. The Hall–Kier alpha value is 0.230. The molecule has 0 radical (unpaired) electrons. The highest BCUT2D eigenvalue weighted by molar-refractivity contribution is 9.09. The van der Waals surface area contributed by atoms with Crippen LogP contribution < -0.4 is 5.32 Å². The van der Waals surface area contributed by atoms with Gasteiger partial charge in [0.2, 0.25) is 0 Å². The van der Waals surface area contributed by atoms with Gasteiger partial charge in [-0.3, -0.25) is 0 Å². The van der Waals surface area contributed by atoms with E-state index >= 15 is 0 Å². The first-order chi connectivity index (χ1) is 5.25. The molecule has 0 unspecified atom stereocenters. The van der Waals surface area contributed by atoms with E-state index in [1.165, 1.54) is 0 Å². The number of aromatic nitrogens is 1. The maximum Gasteiger partial charge on any atom is 0.169 e. The van der Waals surface area contributed by atoms with Crippen LogP contribution in [0.4, 0.5) is 0 Å². The minimum Gasteiger partial charge on any atom is -0.358 e. The Kier molecular flexibility index (Phi) is 5.92. The summed E-state index contributed by atoms with van der Waals surface area (Å²) in [5.41, 5.74) is 1.45. The molecule has 1 rings (SSSR count). The monoisotopic (exact) mass is 274 g/mol. The van der Waals surface area contributed by atoms with E-state index in [1.807, 2.05) is 6.92 Å². The van der Waals surface area contributed by atoms with Gasteiger partial charge in [-0.2, -0.15) is 0 Å². The predicted molar refractivity (Wildman–Crippen MR) is 54.1 cm³/mol. The van der Waals surface area contributed by atoms with Crippen molar-refractivity contribution in [2.24, 2.45) is 0 Å². The molecule has 1 aromatic rings. The highest BCUT2D eigenvalue weighted by Crippen LogP contribution is 2.18. The number of nitrogens with zero attached hydrogens (tertiary/aromatic N) is 1. The first-order valence-corrected chi connectivity index (χ1v) is 4.63. The summed E-state index contributed by atoms with van der Waals surface area (Å²) in [5, 5.41) is 7.33. The Morgan fingerprint density at radius 1 is 1.67 bits per heavy atom. The molecular weight excluding hydrogens is 267 g/mol. The zero-order valence-corrected chi connectivity index (χ0v) is 9.59. The van der Waals surface area contributed by atoms with Crippen LogP contribution in [-0.2, 0) is 6.54 Å². The van der Waals surface area contributed by atoms with E-state index in [1.54, 1.807) is 0 Å². The molecule has 3 nitrogen and oxygen atoms in total. The molecule has 0 aliphatic heterocycles. The zero-order valence-electron chi connectivity index (χ0n) is 6.43. The van der Waals surface area contributed by atoms with Crippen LogP contribution >= 0.6 is 39.9 Å². The van der Waals surface area contributed by atoms with E-state index in [-0.39, 0.29) is 12.4 Å². The zero-order chi connectivity index (χ0) is 8.27. The normalized spacial score (nSPS) is 9.58. The summed E-state index contributed by atoms with van der Waals surface area (Å²) in [6, 6.07) is 0. The van der Waals surface area contributed by atoms with Crippen LogP contribution in [0.5, 0.6) is 0 Å². The lowest BCUT2D eigenvalue weighted by atomic mass is 10.4. The third-order valence-corrected chi connectivity index (χ3v) is 2.12. The fraction of sp³-hybridized carbons (Fsp3) is 0.500. The van der Waals surface area contributed by atoms with Gasteiger partial charge < -0.3 is 9.84 Å². The minimum atomic E-state index is 0. The lowest BCUT2D eigenvalue weighted by Gasteiger charge is -1.94. The molecule has 1 N–H and O–H groups in total. The first-order valence-electron chi connectivity index (χ1n) is 3.13. The van der Waals surface area contributed by atoms with E-state index in [4.69, 9.17) is 16.1 Å². The van der Waals surface area contributed by atoms with Gasteiger partial charge in [0.25, 0.3) is 0 Å². The molecule has 70 valence electrons. The van der Waals surface area contributed by atoms with Crippen LogP contribution in [0.1, 0.15) is 11.5 Å². The summed E-state index contributed by atoms with van der Waals surface area (Å²) in [7, 11) is 0. The van der Waals surface area contributed by atoms with Crippen molar-refractivity contribution in [2.75, 3.05) is 5.45 Å². The maximum atomic E-state index is 5.83. The van der Waals surface area contributed by atoms with Gasteiger partial charge in [0, 0.05) is 0 Å². The average Bonchev–Trinajstić information content (AvgIpc) is 2.31. The van der Waals surface area contributed by atoms with E-state index in [0.717, 1.165) is 5.69 Å². The van der Waals surface area contributed by atoms with Crippen molar-refractivity contribution in [3.63, 3.8) is 0 Å². The van der Waals surface area contributed by atoms with Gasteiger partial charge in [0.15, 0.2) is 5.76 Å². The summed E-state index contributed by atoms with van der Waals surface area (Å²) < 4.78 is 4.93. The van der Waals surface area contributed by atoms with Crippen molar-refractivity contribution in [1.29, 1.82) is 0 Å². The van der Waals surface area contributed by atoms with Gasteiger partial charge in [-0.05, 0) is 6.92 Å². The van der Waals surface area contributed by atoms with Crippen molar-refractivity contribution in [3.8, 4) is 0 Å². The molecule has 0 amide bonds. The van der Waals surface area contributed by atoms with Gasteiger partial charge in [-0.25, -0.2) is 0 Å². The standard InChI is InChI=1S/C6H8BrClN2O.ClH/c1-4-6(8)5(11-10-4)2-9-3-7;/h9H,2-3H2,1H3;1H. The average molecular weight is 276 g/mol. The Morgan fingerprint density at radius 2 is 2.33 bits per heavy atom. The van der Waals surface area contributed by atoms with Crippen LogP contribution in [0, 0.1) is 6.92 Å².